The maximum atomic E-state index is 12.3. The van der Waals surface area contributed by atoms with Crippen LogP contribution in [0.5, 0.6) is 0 Å². The summed E-state index contributed by atoms with van der Waals surface area (Å²) in [5.41, 5.74) is 1.48. The molecule has 112 valence electrons. The number of nitrogens with zero attached hydrogens (tertiary/aromatic N) is 3. The summed E-state index contributed by atoms with van der Waals surface area (Å²) in [6, 6.07) is 8.90. The lowest BCUT2D eigenvalue weighted by Gasteiger charge is -2.36. The van der Waals surface area contributed by atoms with Gasteiger partial charge in [-0.25, -0.2) is 4.79 Å². The van der Waals surface area contributed by atoms with Crippen LogP contribution in [0.2, 0.25) is 0 Å². The van der Waals surface area contributed by atoms with Crippen LogP contribution in [0.3, 0.4) is 0 Å². The second-order valence-electron chi connectivity index (χ2n) is 5.23. The van der Waals surface area contributed by atoms with Gasteiger partial charge in [0.15, 0.2) is 0 Å². The first-order valence-corrected chi connectivity index (χ1v) is 7.25. The van der Waals surface area contributed by atoms with Crippen molar-refractivity contribution in [1.29, 1.82) is 5.26 Å². The van der Waals surface area contributed by atoms with E-state index in [4.69, 9.17) is 10.00 Å². The Morgan fingerprint density at radius 3 is 2.43 bits per heavy atom. The number of likely N-dealkylation sites (N-methyl/N-ethyl adjacent to an activating group) is 1. The summed E-state index contributed by atoms with van der Waals surface area (Å²) in [4.78, 5) is 16.7. The van der Waals surface area contributed by atoms with Gasteiger partial charge >= 0.3 is 5.97 Å². The fourth-order valence-corrected chi connectivity index (χ4v) is 2.54. The maximum absolute atomic E-state index is 12.3. The fraction of sp³-hybridized carbons (Fsp3) is 0.500. The van der Waals surface area contributed by atoms with E-state index in [9.17, 15) is 4.79 Å². The Balaban J connectivity index is 2.22. The number of hydrogen-bond acceptors (Lipinski definition) is 5. The molecule has 0 saturated carbocycles. The van der Waals surface area contributed by atoms with Gasteiger partial charge in [-0.1, -0.05) is 12.1 Å². The highest BCUT2D eigenvalue weighted by Gasteiger charge is 2.30. The molecule has 1 fully saturated rings. The van der Waals surface area contributed by atoms with E-state index in [-0.39, 0.29) is 12.0 Å². The molecule has 0 bridgehead atoms. The van der Waals surface area contributed by atoms with Crippen molar-refractivity contribution in [2.45, 2.75) is 13.0 Å². The molecule has 1 heterocycles. The Kier molecular flexibility index (Phi) is 5.32. The summed E-state index contributed by atoms with van der Waals surface area (Å²) in [6.45, 7) is 5.73. The topological polar surface area (TPSA) is 56.6 Å². The SMILES string of the molecule is CCOC(=O)C(c1ccc(C#N)cc1)N1CCN(C)CC1. The molecule has 1 aliphatic rings. The van der Waals surface area contributed by atoms with E-state index in [1.165, 1.54) is 0 Å². The van der Waals surface area contributed by atoms with Gasteiger partial charge in [-0.15, -0.1) is 0 Å². The van der Waals surface area contributed by atoms with Gasteiger partial charge in [0.1, 0.15) is 6.04 Å². The molecule has 0 aliphatic carbocycles. The van der Waals surface area contributed by atoms with Crippen LogP contribution in [0.25, 0.3) is 0 Å². The summed E-state index contributed by atoms with van der Waals surface area (Å²) in [7, 11) is 2.08. The number of carbonyl (C=O) groups is 1. The molecular formula is C16H21N3O2. The Bertz CT molecular complexity index is 513. The van der Waals surface area contributed by atoms with Gasteiger partial charge in [0.25, 0.3) is 0 Å². The zero-order chi connectivity index (χ0) is 15.2. The Hall–Kier alpha value is -1.90. The summed E-state index contributed by atoms with van der Waals surface area (Å²) >= 11 is 0. The minimum atomic E-state index is -0.383. The van der Waals surface area contributed by atoms with E-state index in [0.717, 1.165) is 31.7 Å². The van der Waals surface area contributed by atoms with Gasteiger partial charge < -0.3 is 9.64 Å². The lowest BCUT2D eigenvalue weighted by Crippen LogP contribution is -2.48. The highest BCUT2D eigenvalue weighted by Crippen LogP contribution is 2.24. The number of rotatable bonds is 4. The van der Waals surface area contributed by atoms with Crippen LogP contribution in [0.4, 0.5) is 0 Å². The average molecular weight is 287 g/mol. The van der Waals surface area contributed by atoms with Crippen molar-refractivity contribution in [3.63, 3.8) is 0 Å². The Morgan fingerprint density at radius 1 is 1.29 bits per heavy atom. The first kappa shape index (κ1) is 15.5. The van der Waals surface area contributed by atoms with Crippen molar-refractivity contribution in [3.05, 3.63) is 35.4 Å². The van der Waals surface area contributed by atoms with Crippen molar-refractivity contribution < 1.29 is 9.53 Å². The van der Waals surface area contributed by atoms with Crippen molar-refractivity contribution in [3.8, 4) is 6.07 Å². The molecule has 2 rings (SSSR count). The minimum Gasteiger partial charge on any atom is -0.465 e. The lowest BCUT2D eigenvalue weighted by molar-refractivity contribution is -0.150. The van der Waals surface area contributed by atoms with Crippen molar-refractivity contribution in [2.24, 2.45) is 0 Å². The van der Waals surface area contributed by atoms with Crippen LogP contribution in [0.1, 0.15) is 24.1 Å². The molecule has 1 aromatic rings. The van der Waals surface area contributed by atoms with E-state index in [1.54, 1.807) is 12.1 Å². The third kappa shape index (κ3) is 3.81. The molecule has 1 saturated heterocycles. The van der Waals surface area contributed by atoms with E-state index >= 15 is 0 Å². The van der Waals surface area contributed by atoms with Crippen LogP contribution < -0.4 is 0 Å². The second kappa shape index (κ2) is 7.21. The number of piperazine rings is 1. The van der Waals surface area contributed by atoms with Gasteiger partial charge in [0.05, 0.1) is 18.2 Å². The van der Waals surface area contributed by atoms with Gasteiger partial charge in [0.2, 0.25) is 0 Å². The summed E-state index contributed by atoms with van der Waals surface area (Å²) in [6.07, 6.45) is 0. The Labute approximate surface area is 125 Å². The molecule has 0 radical (unpaired) electrons. The predicted molar refractivity (Wildman–Crippen MR) is 79.6 cm³/mol. The molecule has 5 nitrogen and oxygen atoms in total. The summed E-state index contributed by atoms with van der Waals surface area (Å²) in [5, 5.41) is 8.88. The van der Waals surface area contributed by atoms with E-state index in [0.29, 0.717) is 12.2 Å². The van der Waals surface area contributed by atoms with Crippen molar-refractivity contribution in [2.75, 3.05) is 39.8 Å². The molecule has 1 atom stereocenters. The predicted octanol–water partition coefficient (Wildman–Crippen LogP) is 1.41. The minimum absolute atomic E-state index is 0.216. The van der Waals surface area contributed by atoms with Gasteiger partial charge in [0, 0.05) is 26.2 Å². The third-order valence-corrected chi connectivity index (χ3v) is 3.77. The standard InChI is InChI=1S/C16H21N3O2/c1-3-21-16(20)15(19-10-8-18(2)9-11-19)14-6-4-13(12-17)5-7-14/h4-7,15H,3,8-11H2,1-2H3. The van der Waals surface area contributed by atoms with Gasteiger partial charge in [-0.05, 0) is 31.7 Å². The van der Waals surface area contributed by atoms with Crippen LogP contribution in [0, 0.1) is 11.3 Å². The van der Waals surface area contributed by atoms with Crippen LogP contribution in [-0.2, 0) is 9.53 Å². The first-order chi connectivity index (χ1) is 10.2. The fourth-order valence-electron chi connectivity index (χ4n) is 2.54. The van der Waals surface area contributed by atoms with Gasteiger partial charge in [-0.3, -0.25) is 4.90 Å². The lowest BCUT2D eigenvalue weighted by atomic mass is 10.0. The number of esters is 1. The maximum Gasteiger partial charge on any atom is 0.328 e. The number of ether oxygens (including phenoxy) is 1. The molecule has 1 aromatic carbocycles. The Morgan fingerprint density at radius 2 is 1.90 bits per heavy atom. The second-order valence-corrected chi connectivity index (χ2v) is 5.23. The molecule has 1 aliphatic heterocycles. The molecule has 21 heavy (non-hydrogen) atoms. The van der Waals surface area contributed by atoms with Gasteiger partial charge in [-0.2, -0.15) is 5.26 Å². The van der Waals surface area contributed by atoms with Crippen LogP contribution >= 0.6 is 0 Å². The smallest absolute Gasteiger partial charge is 0.328 e. The largest absolute Gasteiger partial charge is 0.465 e. The zero-order valence-corrected chi connectivity index (χ0v) is 12.6. The van der Waals surface area contributed by atoms with Crippen LogP contribution in [-0.4, -0.2) is 55.6 Å². The molecule has 5 heteroatoms. The highest BCUT2D eigenvalue weighted by atomic mass is 16.5. The monoisotopic (exact) mass is 287 g/mol. The average Bonchev–Trinajstić information content (AvgIpc) is 2.50. The number of hydrogen-bond donors (Lipinski definition) is 0. The third-order valence-electron chi connectivity index (χ3n) is 3.77. The van der Waals surface area contributed by atoms with Crippen LogP contribution in [0.15, 0.2) is 24.3 Å². The zero-order valence-electron chi connectivity index (χ0n) is 12.6. The van der Waals surface area contributed by atoms with E-state index < -0.39 is 0 Å². The number of nitriles is 1. The molecule has 0 aromatic heterocycles. The molecule has 1 unspecified atom stereocenters. The number of carbonyl (C=O) groups excluding carboxylic acids is 1. The highest BCUT2D eigenvalue weighted by molar-refractivity contribution is 5.77. The van der Waals surface area contributed by atoms with E-state index in [1.807, 2.05) is 19.1 Å². The van der Waals surface area contributed by atoms with Crippen molar-refractivity contribution >= 4 is 5.97 Å². The van der Waals surface area contributed by atoms with Crippen molar-refractivity contribution in [1.82, 2.24) is 9.80 Å². The number of benzene rings is 1. The normalized spacial score (nSPS) is 18.0. The molecular weight excluding hydrogens is 266 g/mol. The molecule has 0 N–H and O–H groups in total. The quantitative estimate of drug-likeness (QED) is 0.784. The first-order valence-electron chi connectivity index (χ1n) is 7.25. The molecule has 0 amide bonds. The van der Waals surface area contributed by atoms with E-state index in [2.05, 4.69) is 22.9 Å². The summed E-state index contributed by atoms with van der Waals surface area (Å²) in [5.74, 6) is -0.216. The molecule has 0 spiro atoms. The summed E-state index contributed by atoms with van der Waals surface area (Å²) < 4.78 is 5.24.